The number of H-pyrrole nitrogens is 2. The second-order valence-corrected chi connectivity index (χ2v) is 16.7. The van der Waals surface area contributed by atoms with E-state index in [1.807, 2.05) is 36.5 Å². The Hall–Kier alpha value is -6.87. The van der Waals surface area contributed by atoms with Gasteiger partial charge in [0, 0.05) is 71.1 Å². The molecule has 0 saturated carbocycles. The maximum absolute atomic E-state index is 11.7. The predicted molar refractivity (Wildman–Crippen MR) is 234 cm³/mol. The molecule has 0 fully saturated rings. The number of benzene rings is 4. The van der Waals surface area contributed by atoms with Gasteiger partial charge in [-0.2, -0.15) is 15.2 Å². The van der Waals surface area contributed by atoms with E-state index in [1.165, 1.54) is 31.2 Å². The lowest BCUT2D eigenvalue weighted by Gasteiger charge is -2.09. The number of nitrogen functional groups attached to an aromatic ring is 1. The van der Waals surface area contributed by atoms with Gasteiger partial charge in [-0.15, -0.1) is 22.7 Å². The van der Waals surface area contributed by atoms with E-state index in [-0.39, 0.29) is 5.16 Å². The molecule has 0 spiro atoms. The van der Waals surface area contributed by atoms with Crippen LogP contribution in [-0.2, 0) is 9.84 Å². The molecular formula is C39H34N14O2S3. The fourth-order valence-electron chi connectivity index (χ4n) is 6.26. The predicted octanol–water partition coefficient (Wildman–Crippen LogP) is 7.46. The standard InChI is InChI=1S/C20H15N5O2S2.C19H15N7S.H4N2/c1-29(26,27)20-21-7-6-18(24-20)23-14-8-13-11-22-25-19(13)15(10-14)17-9-12-4-2-3-5-16(12)28-17;20-25-19-21-6-5-17(24-19)23-13-7-12-10-22-26-18(12)14(9-13)16-8-11-3-1-2-4-15(11)27-16;1-2/h2-11H,1H3,(H,22,25)(H,21,23,24);1-10H,20H2,(H,22,26)(H2,21,23,24,25);1-2H2. The van der Waals surface area contributed by atoms with E-state index in [2.05, 4.69) is 123 Å². The van der Waals surface area contributed by atoms with Crippen LogP contribution in [0, 0.1) is 0 Å². The molecule has 10 aromatic rings. The molecule has 0 aliphatic heterocycles. The molecule has 0 atom stereocenters. The summed E-state index contributed by atoms with van der Waals surface area (Å²) in [5.74, 6) is 14.8. The summed E-state index contributed by atoms with van der Waals surface area (Å²) in [6.45, 7) is 0. The highest BCUT2D eigenvalue weighted by Crippen LogP contribution is 2.40. The monoisotopic (exact) mass is 826 g/mol. The van der Waals surface area contributed by atoms with Crippen molar-refractivity contribution in [3.8, 4) is 20.9 Å². The second kappa shape index (κ2) is 16.3. The highest BCUT2D eigenvalue weighted by Gasteiger charge is 2.15. The summed E-state index contributed by atoms with van der Waals surface area (Å²) < 4.78 is 25.9. The van der Waals surface area contributed by atoms with Gasteiger partial charge in [0.15, 0.2) is 0 Å². The number of nitrogens with two attached hydrogens (primary N) is 3. The number of aromatic amines is 2. The number of aromatic nitrogens is 8. The first-order valence-electron chi connectivity index (χ1n) is 17.4. The van der Waals surface area contributed by atoms with Gasteiger partial charge in [0.25, 0.3) is 0 Å². The number of sulfone groups is 1. The third-order valence-corrected chi connectivity index (χ3v) is 11.9. The van der Waals surface area contributed by atoms with Crippen LogP contribution >= 0.6 is 22.7 Å². The van der Waals surface area contributed by atoms with Gasteiger partial charge < -0.3 is 10.6 Å². The first kappa shape index (κ1) is 38.0. The van der Waals surface area contributed by atoms with Crippen LogP contribution in [0.1, 0.15) is 0 Å². The molecule has 0 bridgehead atoms. The van der Waals surface area contributed by atoms with E-state index in [1.54, 1.807) is 47.2 Å². The van der Waals surface area contributed by atoms with E-state index < -0.39 is 9.84 Å². The molecule has 11 N–H and O–H groups in total. The second-order valence-electron chi connectivity index (χ2n) is 12.7. The topological polar surface area (TPSA) is 257 Å². The fourth-order valence-corrected chi connectivity index (χ4v) is 8.95. The molecule has 10 rings (SSSR count). The van der Waals surface area contributed by atoms with Gasteiger partial charge in [-0.05, 0) is 71.4 Å². The third kappa shape index (κ3) is 8.02. The van der Waals surface area contributed by atoms with E-state index in [0.29, 0.717) is 17.6 Å². The molecule has 290 valence electrons. The molecule has 0 unspecified atom stereocenters. The zero-order valence-corrected chi connectivity index (χ0v) is 33.0. The quantitative estimate of drug-likeness (QED) is 0.0420. The molecule has 16 nitrogen and oxygen atoms in total. The molecule has 58 heavy (non-hydrogen) atoms. The van der Waals surface area contributed by atoms with Crippen LogP contribution in [-0.4, -0.2) is 55.0 Å². The van der Waals surface area contributed by atoms with Crippen LogP contribution in [0.2, 0.25) is 0 Å². The highest BCUT2D eigenvalue weighted by atomic mass is 32.2. The Balaban J connectivity index is 0.000000156. The minimum Gasteiger partial charge on any atom is -0.340 e. The smallest absolute Gasteiger partial charge is 0.248 e. The molecule has 4 aromatic carbocycles. The number of rotatable bonds is 8. The summed E-state index contributed by atoms with van der Waals surface area (Å²) in [5, 5.41) is 25.3. The number of thiophene rings is 2. The van der Waals surface area contributed by atoms with Crippen molar-refractivity contribution in [3.05, 3.63) is 122 Å². The molecule has 6 heterocycles. The van der Waals surface area contributed by atoms with Crippen molar-refractivity contribution in [2.75, 3.05) is 22.3 Å². The largest absolute Gasteiger partial charge is 0.340 e. The van der Waals surface area contributed by atoms with Gasteiger partial charge in [-0.1, -0.05) is 36.4 Å². The number of hydrogen-bond donors (Lipinski definition) is 8. The van der Waals surface area contributed by atoms with Crippen LogP contribution in [0.5, 0.6) is 0 Å². The van der Waals surface area contributed by atoms with Crippen molar-refractivity contribution in [1.82, 2.24) is 40.3 Å². The Morgan fingerprint density at radius 3 is 1.62 bits per heavy atom. The number of nitrogens with zero attached hydrogens (tertiary/aromatic N) is 6. The van der Waals surface area contributed by atoms with Gasteiger partial charge >= 0.3 is 0 Å². The first-order chi connectivity index (χ1) is 28.3. The van der Waals surface area contributed by atoms with E-state index in [9.17, 15) is 8.42 Å². The van der Waals surface area contributed by atoms with E-state index >= 15 is 0 Å². The minimum atomic E-state index is -3.48. The van der Waals surface area contributed by atoms with Crippen LogP contribution in [0.4, 0.5) is 29.0 Å². The third-order valence-electron chi connectivity index (χ3n) is 8.77. The van der Waals surface area contributed by atoms with E-state index in [4.69, 9.17) is 5.84 Å². The average Bonchev–Trinajstić information content (AvgIpc) is 4.07. The van der Waals surface area contributed by atoms with Gasteiger partial charge in [-0.25, -0.2) is 29.2 Å². The van der Waals surface area contributed by atoms with E-state index in [0.717, 1.165) is 55.4 Å². The molecular weight excluding hydrogens is 793 g/mol. The lowest BCUT2D eigenvalue weighted by Crippen LogP contribution is -2.10. The van der Waals surface area contributed by atoms with Gasteiger partial charge in [-0.3, -0.25) is 27.3 Å². The van der Waals surface area contributed by atoms with Crippen LogP contribution in [0.3, 0.4) is 0 Å². The Morgan fingerprint density at radius 1 is 0.621 bits per heavy atom. The molecule has 0 amide bonds. The van der Waals surface area contributed by atoms with Gasteiger partial charge in [0.05, 0.1) is 23.4 Å². The average molecular weight is 827 g/mol. The molecule has 0 radical (unpaired) electrons. The lowest BCUT2D eigenvalue weighted by molar-refractivity contribution is 0.593. The molecule has 0 aliphatic rings. The maximum Gasteiger partial charge on any atom is 0.248 e. The zero-order valence-electron chi connectivity index (χ0n) is 30.5. The minimum absolute atomic E-state index is 0.211. The fraction of sp³-hybridized carbons (Fsp3) is 0.0256. The molecule has 0 saturated heterocycles. The summed E-state index contributed by atoms with van der Waals surface area (Å²) in [6, 6.07) is 32.5. The normalized spacial score (nSPS) is 11.2. The number of fused-ring (bicyclic) bond motifs is 4. The lowest BCUT2D eigenvalue weighted by atomic mass is 10.1. The number of anilines is 5. The van der Waals surface area contributed by atoms with Crippen LogP contribution < -0.4 is 33.6 Å². The van der Waals surface area contributed by atoms with Crippen LogP contribution in [0.15, 0.2) is 127 Å². The van der Waals surface area contributed by atoms with Crippen molar-refractivity contribution in [1.29, 1.82) is 0 Å². The maximum atomic E-state index is 11.7. The molecule has 19 heteroatoms. The van der Waals surface area contributed by atoms with Gasteiger partial charge in [0.1, 0.15) is 11.6 Å². The highest BCUT2D eigenvalue weighted by molar-refractivity contribution is 7.90. The van der Waals surface area contributed by atoms with Crippen molar-refractivity contribution >= 4 is 103 Å². The van der Waals surface area contributed by atoms with Crippen molar-refractivity contribution in [3.63, 3.8) is 0 Å². The number of hydrazine groups is 2. The zero-order chi connectivity index (χ0) is 40.2. The summed E-state index contributed by atoms with van der Waals surface area (Å²) >= 11 is 3.47. The SMILES string of the molecule is CS(=O)(=O)c1nccc(Nc2cc(-c3cc4ccccc4s3)c3[nH]ncc3c2)n1.NN.NNc1nccc(Nc2cc(-c3cc4ccccc4s3)c3[nH]ncc3c2)n1. The van der Waals surface area contributed by atoms with Crippen molar-refractivity contribution < 1.29 is 8.42 Å². The molecule has 6 aromatic heterocycles. The van der Waals surface area contributed by atoms with Gasteiger partial charge in [0.2, 0.25) is 20.9 Å². The summed E-state index contributed by atoms with van der Waals surface area (Å²) in [4.78, 5) is 18.6. The Kier molecular flexibility index (Phi) is 10.7. The number of hydrogen-bond acceptors (Lipinski definition) is 16. The van der Waals surface area contributed by atoms with Crippen LogP contribution in [0.25, 0.3) is 62.9 Å². The Morgan fingerprint density at radius 2 is 1.12 bits per heavy atom. The van der Waals surface area contributed by atoms with Crippen molar-refractivity contribution in [2.24, 2.45) is 17.5 Å². The Labute approximate surface area is 338 Å². The summed E-state index contributed by atoms with van der Waals surface area (Å²) in [7, 11) is -3.48. The summed E-state index contributed by atoms with van der Waals surface area (Å²) in [5.41, 5.74) is 8.22. The van der Waals surface area contributed by atoms with Crippen molar-refractivity contribution in [2.45, 2.75) is 5.16 Å². The first-order valence-corrected chi connectivity index (χ1v) is 20.9. The summed E-state index contributed by atoms with van der Waals surface area (Å²) in [6.07, 6.45) is 7.75. The molecule has 0 aliphatic carbocycles. The Bertz CT molecular complexity index is 3090. The number of nitrogens with one attached hydrogen (secondary N) is 5.